The number of hydrogen-bond donors (Lipinski definition) is 0. The number of hydrogen-bond acceptors (Lipinski definition) is 3. The van der Waals surface area contributed by atoms with Crippen molar-refractivity contribution in [3.63, 3.8) is 0 Å². The van der Waals surface area contributed by atoms with Crippen molar-refractivity contribution in [2.75, 3.05) is 4.90 Å². The first-order chi connectivity index (χ1) is 10.1. The third-order valence-corrected chi connectivity index (χ3v) is 5.70. The third kappa shape index (κ3) is 1.46. The molecule has 1 saturated carbocycles. The fourth-order valence-corrected chi connectivity index (χ4v) is 4.92. The highest BCUT2D eigenvalue weighted by Gasteiger charge is 2.73. The molecular weight excluding hydrogens is 313 g/mol. The van der Waals surface area contributed by atoms with E-state index in [1.54, 1.807) is 18.2 Å². The van der Waals surface area contributed by atoms with Gasteiger partial charge in [0.15, 0.2) is 0 Å². The fourth-order valence-electron chi connectivity index (χ4n) is 4.40. The molecule has 2 amide bonds. The van der Waals surface area contributed by atoms with Crippen molar-refractivity contribution in [2.24, 2.45) is 23.7 Å². The maximum absolute atomic E-state index is 12.7. The molecule has 3 saturated heterocycles. The number of ether oxygens (including phenoxy) is 1. The lowest BCUT2D eigenvalue weighted by Crippen LogP contribution is -2.35. The van der Waals surface area contributed by atoms with Crippen molar-refractivity contribution in [3.05, 3.63) is 28.2 Å². The molecule has 0 spiro atoms. The van der Waals surface area contributed by atoms with E-state index in [4.69, 9.17) is 27.9 Å². The van der Waals surface area contributed by atoms with Gasteiger partial charge >= 0.3 is 0 Å². The first-order valence-electron chi connectivity index (χ1n) is 7.05. The Morgan fingerprint density at radius 1 is 0.952 bits per heavy atom. The SMILES string of the molecule is O=C1[C@@H]2C3OC([C@H]4C[C@@H]34)[C@@H]2C(=O)N1c1cc(Cl)cc(Cl)c1. The quantitative estimate of drug-likeness (QED) is 0.746. The predicted octanol–water partition coefficient (Wildman–Crippen LogP) is 2.52. The average molecular weight is 324 g/mol. The molecule has 1 aromatic rings. The molecule has 6 atom stereocenters. The summed E-state index contributed by atoms with van der Waals surface area (Å²) in [7, 11) is 0. The van der Waals surface area contributed by atoms with Crippen LogP contribution in [0.2, 0.25) is 10.0 Å². The van der Waals surface area contributed by atoms with Crippen LogP contribution in [0.1, 0.15) is 6.42 Å². The van der Waals surface area contributed by atoms with Gasteiger partial charge in [-0.2, -0.15) is 0 Å². The first kappa shape index (κ1) is 12.4. The lowest BCUT2D eigenvalue weighted by molar-refractivity contribution is -0.125. The number of anilines is 1. The molecule has 2 unspecified atom stereocenters. The molecule has 1 aromatic carbocycles. The van der Waals surface area contributed by atoms with Crippen LogP contribution in [0.25, 0.3) is 0 Å². The van der Waals surface area contributed by atoms with Crippen LogP contribution < -0.4 is 4.90 Å². The van der Waals surface area contributed by atoms with Gasteiger partial charge in [0, 0.05) is 10.0 Å². The van der Waals surface area contributed by atoms with Gasteiger partial charge in [-0.15, -0.1) is 0 Å². The monoisotopic (exact) mass is 323 g/mol. The Bertz CT molecular complexity index is 654. The molecule has 5 rings (SSSR count). The molecule has 108 valence electrons. The van der Waals surface area contributed by atoms with Gasteiger partial charge in [-0.1, -0.05) is 23.2 Å². The van der Waals surface area contributed by atoms with E-state index in [0.29, 0.717) is 27.6 Å². The number of imide groups is 1. The molecule has 0 aromatic heterocycles. The highest BCUT2D eigenvalue weighted by Crippen LogP contribution is 2.64. The Morgan fingerprint density at radius 3 is 2.00 bits per heavy atom. The molecule has 2 bridgehead atoms. The summed E-state index contributed by atoms with van der Waals surface area (Å²) in [6, 6.07) is 4.79. The Morgan fingerprint density at radius 2 is 1.48 bits per heavy atom. The summed E-state index contributed by atoms with van der Waals surface area (Å²) in [6.45, 7) is 0. The molecule has 4 aliphatic rings. The second-order valence-corrected chi connectivity index (χ2v) is 7.19. The van der Waals surface area contributed by atoms with E-state index in [2.05, 4.69) is 0 Å². The highest BCUT2D eigenvalue weighted by atomic mass is 35.5. The number of fused-ring (bicyclic) bond motifs is 8. The standard InChI is InChI=1S/C15H11Cl2NO3/c16-5-1-6(17)3-7(2-5)18-14(19)10-11(15(18)20)13-9-4-8(9)12(10)21-13/h1-3,8-13H,4H2/t8-,9+,10+,11-,12?,13?. The normalized spacial score (nSPS) is 42.5. The largest absolute Gasteiger partial charge is 0.373 e. The van der Waals surface area contributed by atoms with Gasteiger partial charge in [0.05, 0.1) is 29.7 Å². The number of halogens is 2. The number of amides is 2. The smallest absolute Gasteiger partial charge is 0.240 e. The zero-order valence-electron chi connectivity index (χ0n) is 10.8. The van der Waals surface area contributed by atoms with Crippen molar-refractivity contribution >= 4 is 40.7 Å². The summed E-state index contributed by atoms with van der Waals surface area (Å²) in [5.41, 5.74) is 0.463. The molecule has 1 aliphatic carbocycles. The number of nitrogens with zero attached hydrogens (tertiary/aromatic N) is 1. The Balaban J connectivity index is 1.58. The van der Waals surface area contributed by atoms with Crippen LogP contribution >= 0.6 is 23.2 Å². The van der Waals surface area contributed by atoms with Crippen LogP contribution in [-0.4, -0.2) is 24.0 Å². The minimum atomic E-state index is -0.316. The minimum absolute atomic E-state index is 0.0684. The molecule has 4 nitrogen and oxygen atoms in total. The van der Waals surface area contributed by atoms with E-state index in [1.165, 1.54) is 4.90 Å². The molecule has 3 aliphatic heterocycles. The van der Waals surface area contributed by atoms with Crippen LogP contribution in [0.3, 0.4) is 0 Å². The third-order valence-electron chi connectivity index (χ3n) is 5.26. The molecule has 21 heavy (non-hydrogen) atoms. The summed E-state index contributed by atoms with van der Waals surface area (Å²) >= 11 is 12.0. The van der Waals surface area contributed by atoms with E-state index in [1.807, 2.05) is 0 Å². The fraction of sp³-hybridized carbons (Fsp3) is 0.467. The summed E-state index contributed by atoms with van der Waals surface area (Å²) in [6.07, 6.45) is 0.966. The average Bonchev–Trinajstić information content (AvgIpc) is 2.92. The summed E-state index contributed by atoms with van der Waals surface area (Å²) in [5, 5.41) is 0.828. The summed E-state index contributed by atoms with van der Waals surface area (Å²) < 4.78 is 5.85. The van der Waals surface area contributed by atoms with E-state index >= 15 is 0 Å². The van der Waals surface area contributed by atoms with Crippen LogP contribution in [0.4, 0.5) is 5.69 Å². The molecule has 3 heterocycles. The van der Waals surface area contributed by atoms with E-state index in [9.17, 15) is 9.59 Å². The van der Waals surface area contributed by atoms with Crippen LogP contribution in [0, 0.1) is 23.7 Å². The summed E-state index contributed by atoms with van der Waals surface area (Å²) in [4.78, 5) is 26.7. The van der Waals surface area contributed by atoms with Crippen molar-refractivity contribution in [3.8, 4) is 0 Å². The van der Waals surface area contributed by atoms with Crippen LogP contribution in [0.15, 0.2) is 18.2 Å². The molecule has 0 N–H and O–H groups in total. The van der Waals surface area contributed by atoms with Gasteiger partial charge in [0.1, 0.15) is 0 Å². The Kier molecular flexibility index (Phi) is 2.25. The topological polar surface area (TPSA) is 46.6 Å². The predicted molar refractivity (Wildman–Crippen MR) is 76.2 cm³/mol. The zero-order chi connectivity index (χ0) is 14.5. The lowest BCUT2D eigenvalue weighted by atomic mass is 9.81. The number of benzene rings is 1. The first-order valence-corrected chi connectivity index (χ1v) is 7.81. The second kappa shape index (κ2) is 3.80. The number of rotatable bonds is 1. The minimum Gasteiger partial charge on any atom is -0.373 e. The Labute approximate surface area is 130 Å². The van der Waals surface area contributed by atoms with Crippen molar-refractivity contribution in [2.45, 2.75) is 18.6 Å². The molecular formula is C15H11Cl2NO3. The summed E-state index contributed by atoms with van der Waals surface area (Å²) in [5.74, 6) is 0.00202. The van der Waals surface area contributed by atoms with Gasteiger partial charge in [-0.3, -0.25) is 9.59 Å². The molecule has 4 fully saturated rings. The maximum atomic E-state index is 12.7. The number of carbonyl (C=O) groups excluding carboxylic acids is 2. The van der Waals surface area contributed by atoms with Crippen LogP contribution in [-0.2, 0) is 14.3 Å². The van der Waals surface area contributed by atoms with Gasteiger partial charge in [-0.05, 0) is 36.5 Å². The maximum Gasteiger partial charge on any atom is 0.240 e. The van der Waals surface area contributed by atoms with Crippen molar-refractivity contribution < 1.29 is 14.3 Å². The van der Waals surface area contributed by atoms with Gasteiger partial charge < -0.3 is 4.74 Å². The number of carbonyl (C=O) groups is 2. The van der Waals surface area contributed by atoms with Crippen molar-refractivity contribution in [1.29, 1.82) is 0 Å². The Hall–Kier alpha value is -1.10. The zero-order valence-corrected chi connectivity index (χ0v) is 12.3. The molecule has 6 heteroatoms. The van der Waals surface area contributed by atoms with E-state index < -0.39 is 0 Å². The van der Waals surface area contributed by atoms with Gasteiger partial charge in [-0.25, -0.2) is 4.90 Å². The van der Waals surface area contributed by atoms with Gasteiger partial charge in [0.25, 0.3) is 0 Å². The van der Waals surface area contributed by atoms with Crippen molar-refractivity contribution in [1.82, 2.24) is 0 Å². The van der Waals surface area contributed by atoms with Gasteiger partial charge in [0.2, 0.25) is 11.8 Å². The van der Waals surface area contributed by atoms with E-state index in [0.717, 1.165) is 6.42 Å². The second-order valence-electron chi connectivity index (χ2n) is 6.32. The van der Waals surface area contributed by atoms with Crippen LogP contribution in [0.5, 0.6) is 0 Å². The molecule has 0 radical (unpaired) electrons. The lowest BCUT2D eigenvalue weighted by Gasteiger charge is -2.19. The van der Waals surface area contributed by atoms with E-state index in [-0.39, 0.29) is 35.9 Å². The highest BCUT2D eigenvalue weighted by molar-refractivity contribution is 6.35.